The summed E-state index contributed by atoms with van der Waals surface area (Å²) in [5, 5.41) is 0. The summed E-state index contributed by atoms with van der Waals surface area (Å²) in [6.07, 6.45) is 0.875. The van der Waals surface area contributed by atoms with Gasteiger partial charge in [-0.25, -0.2) is 0 Å². The Morgan fingerprint density at radius 3 is 1.95 bits per heavy atom. The maximum Gasteiger partial charge on any atom is 0.324 e. The van der Waals surface area contributed by atoms with Gasteiger partial charge < -0.3 is 15.2 Å². The van der Waals surface area contributed by atoms with Gasteiger partial charge in [0.25, 0.3) is 0 Å². The van der Waals surface area contributed by atoms with Gasteiger partial charge in [-0.3, -0.25) is 4.90 Å². The van der Waals surface area contributed by atoms with Crippen LogP contribution in [0.3, 0.4) is 0 Å². The van der Waals surface area contributed by atoms with Crippen molar-refractivity contribution in [3.8, 4) is 12.0 Å². The zero-order valence-corrected chi connectivity index (χ0v) is 13.7. The van der Waals surface area contributed by atoms with Crippen LogP contribution in [0.25, 0.3) is 0 Å². The molecule has 0 radical (unpaired) electrons. The molecule has 2 N–H and O–H groups in total. The van der Waals surface area contributed by atoms with E-state index in [4.69, 9.17) is 15.2 Å². The van der Waals surface area contributed by atoms with Gasteiger partial charge in [-0.2, -0.15) is 9.97 Å². The van der Waals surface area contributed by atoms with E-state index in [0.717, 1.165) is 13.0 Å². The number of aromatic nitrogens is 3. The van der Waals surface area contributed by atoms with Crippen LogP contribution >= 0.6 is 0 Å². The number of rotatable bonds is 9. The normalized spacial score (nSPS) is 11.4. The Morgan fingerprint density at radius 2 is 1.48 bits per heavy atom. The van der Waals surface area contributed by atoms with Gasteiger partial charge in [-0.05, 0) is 34.1 Å². The second-order valence-electron chi connectivity index (χ2n) is 5.38. The maximum atomic E-state index is 5.63. The molecule has 7 nitrogen and oxygen atoms in total. The lowest BCUT2D eigenvalue weighted by molar-refractivity contribution is 0.137. The summed E-state index contributed by atoms with van der Waals surface area (Å²) in [7, 11) is 0. The first-order chi connectivity index (χ1) is 9.93. The van der Waals surface area contributed by atoms with Crippen LogP contribution in [-0.4, -0.2) is 51.7 Å². The van der Waals surface area contributed by atoms with E-state index in [1.807, 2.05) is 6.92 Å². The molecule has 0 amide bonds. The highest BCUT2D eigenvalue weighted by atomic mass is 16.5. The fourth-order valence-corrected chi connectivity index (χ4v) is 2.03. The Kier molecular flexibility index (Phi) is 7.14. The van der Waals surface area contributed by atoms with Gasteiger partial charge in [-0.15, -0.1) is 4.98 Å². The zero-order chi connectivity index (χ0) is 15.8. The molecule has 0 saturated heterocycles. The Bertz CT molecular complexity index is 418. The van der Waals surface area contributed by atoms with E-state index in [1.165, 1.54) is 0 Å². The molecule has 21 heavy (non-hydrogen) atoms. The molecule has 0 unspecified atom stereocenters. The van der Waals surface area contributed by atoms with Crippen molar-refractivity contribution in [1.29, 1.82) is 0 Å². The van der Waals surface area contributed by atoms with Gasteiger partial charge >= 0.3 is 12.0 Å². The summed E-state index contributed by atoms with van der Waals surface area (Å²) < 4.78 is 10.9. The van der Waals surface area contributed by atoms with Crippen LogP contribution in [0, 0.1) is 0 Å². The van der Waals surface area contributed by atoms with Crippen LogP contribution in [0.2, 0.25) is 0 Å². The number of nitrogens with zero attached hydrogens (tertiary/aromatic N) is 4. The summed E-state index contributed by atoms with van der Waals surface area (Å²) >= 11 is 0. The van der Waals surface area contributed by atoms with E-state index in [2.05, 4.69) is 47.5 Å². The van der Waals surface area contributed by atoms with E-state index < -0.39 is 0 Å². The van der Waals surface area contributed by atoms with Crippen molar-refractivity contribution in [3.63, 3.8) is 0 Å². The smallest absolute Gasteiger partial charge is 0.324 e. The molecule has 1 rings (SSSR count). The van der Waals surface area contributed by atoms with Crippen molar-refractivity contribution in [2.75, 3.05) is 25.5 Å². The minimum Gasteiger partial charge on any atom is -0.463 e. The Morgan fingerprint density at radius 1 is 0.952 bits per heavy atom. The molecule has 0 bridgehead atoms. The first kappa shape index (κ1) is 17.4. The molecule has 0 atom stereocenters. The summed E-state index contributed by atoms with van der Waals surface area (Å²) in [5.74, 6) is 0.107. The minimum atomic E-state index is 0.107. The molecule has 0 aliphatic carbocycles. The van der Waals surface area contributed by atoms with Crippen LogP contribution in [0.15, 0.2) is 0 Å². The first-order valence-corrected chi connectivity index (χ1v) is 7.47. The zero-order valence-electron chi connectivity index (χ0n) is 13.7. The van der Waals surface area contributed by atoms with Gasteiger partial charge in [0, 0.05) is 18.6 Å². The number of nitrogens with two attached hydrogens (primary N) is 1. The fourth-order valence-electron chi connectivity index (χ4n) is 2.03. The SMILES string of the molecule is CCCOc1nc(N)nc(OCCN(C(C)C)C(C)C)n1. The number of ether oxygens (including phenoxy) is 2. The monoisotopic (exact) mass is 297 g/mol. The topological polar surface area (TPSA) is 86.4 Å². The third kappa shape index (κ3) is 6.12. The van der Waals surface area contributed by atoms with Gasteiger partial charge in [-0.1, -0.05) is 6.92 Å². The molecule has 0 aliphatic rings. The van der Waals surface area contributed by atoms with Gasteiger partial charge in [0.15, 0.2) is 0 Å². The van der Waals surface area contributed by atoms with E-state index in [-0.39, 0.29) is 18.0 Å². The van der Waals surface area contributed by atoms with Crippen molar-refractivity contribution in [1.82, 2.24) is 19.9 Å². The van der Waals surface area contributed by atoms with Crippen LogP contribution in [0.1, 0.15) is 41.0 Å². The van der Waals surface area contributed by atoms with Crippen LogP contribution < -0.4 is 15.2 Å². The first-order valence-electron chi connectivity index (χ1n) is 7.47. The lowest BCUT2D eigenvalue weighted by Crippen LogP contribution is -2.39. The predicted molar refractivity (Wildman–Crippen MR) is 82.5 cm³/mol. The van der Waals surface area contributed by atoms with E-state index in [9.17, 15) is 0 Å². The molecule has 0 aromatic carbocycles. The van der Waals surface area contributed by atoms with Crippen LogP contribution in [0.5, 0.6) is 12.0 Å². The molecule has 1 aromatic rings. The van der Waals surface area contributed by atoms with Crippen molar-refractivity contribution < 1.29 is 9.47 Å². The highest BCUT2D eigenvalue weighted by Crippen LogP contribution is 2.11. The van der Waals surface area contributed by atoms with E-state index in [0.29, 0.717) is 25.3 Å². The van der Waals surface area contributed by atoms with Crippen molar-refractivity contribution in [3.05, 3.63) is 0 Å². The van der Waals surface area contributed by atoms with E-state index >= 15 is 0 Å². The molecule has 1 aromatic heterocycles. The molecular weight excluding hydrogens is 270 g/mol. The van der Waals surface area contributed by atoms with Gasteiger partial charge in [0.1, 0.15) is 6.61 Å². The lowest BCUT2D eigenvalue weighted by atomic mass is 10.2. The second-order valence-corrected chi connectivity index (χ2v) is 5.38. The fraction of sp³-hybridized carbons (Fsp3) is 0.786. The summed E-state index contributed by atoms with van der Waals surface area (Å²) in [5.41, 5.74) is 5.63. The minimum absolute atomic E-state index is 0.107. The number of nitrogen functional groups attached to an aromatic ring is 1. The highest BCUT2D eigenvalue weighted by molar-refractivity contribution is 5.20. The summed E-state index contributed by atoms with van der Waals surface area (Å²) in [4.78, 5) is 14.3. The third-order valence-electron chi connectivity index (χ3n) is 2.95. The lowest BCUT2D eigenvalue weighted by Gasteiger charge is -2.30. The molecule has 0 spiro atoms. The van der Waals surface area contributed by atoms with Crippen molar-refractivity contribution >= 4 is 5.95 Å². The highest BCUT2D eigenvalue weighted by Gasteiger charge is 2.14. The standard InChI is InChI=1S/C14H27N5O2/c1-6-8-20-13-16-12(15)17-14(18-13)21-9-7-19(10(2)3)11(4)5/h10-11H,6-9H2,1-5H3,(H2,15,16,17,18). The Labute approximate surface area is 126 Å². The van der Waals surface area contributed by atoms with Crippen LogP contribution in [0.4, 0.5) is 5.95 Å². The van der Waals surface area contributed by atoms with Crippen molar-refractivity contribution in [2.45, 2.75) is 53.1 Å². The Balaban J connectivity index is 2.56. The predicted octanol–water partition coefficient (Wildman–Crippen LogP) is 1.74. The third-order valence-corrected chi connectivity index (χ3v) is 2.95. The number of anilines is 1. The second kappa shape index (κ2) is 8.61. The molecular formula is C14H27N5O2. The Hall–Kier alpha value is -1.63. The number of hydrogen-bond acceptors (Lipinski definition) is 7. The average Bonchev–Trinajstić information content (AvgIpc) is 2.40. The number of hydrogen-bond donors (Lipinski definition) is 1. The van der Waals surface area contributed by atoms with Gasteiger partial charge in [0.2, 0.25) is 5.95 Å². The van der Waals surface area contributed by atoms with Gasteiger partial charge in [0.05, 0.1) is 6.61 Å². The molecule has 0 aliphatic heterocycles. The quantitative estimate of drug-likeness (QED) is 0.743. The summed E-state index contributed by atoms with van der Waals surface area (Å²) in [6, 6.07) is 1.34. The molecule has 0 fully saturated rings. The van der Waals surface area contributed by atoms with Crippen LogP contribution in [-0.2, 0) is 0 Å². The molecule has 120 valence electrons. The largest absolute Gasteiger partial charge is 0.463 e. The van der Waals surface area contributed by atoms with Crippen molar-refractivity contribution in [2.24, 2.45) is 0 Å². The average molecular weight is 297 g/mol. The maximum absolute atomic E-state index is 5.63. The van der Waals surface area contributed by atoms with E-state index in [1.54, 1.807) is 0 Å². The molecule has 1 heterocycles. The molecule has 7 heteroatoms. The summed E-state index contributed by atoms with van der Waals surface area (Å²) in [6.45, 7) is 12.5. The molecule has 0 saturated carbocycles.